The van der Waals surface area contributed by atoms with E-state index in [1.807, 2.05) is 25.1 Å². The van der Waals surface area contributed by atoms with Gasteiger partial charge in [0.15, 0.2) is 0 Å². The summed E-state index contributed by atoms with van der Waals surface area (Å²) in [5.74, 6) is -0.602. The lowest BCUT2D eigenvalue weighted by molar-refractivity contribution is 0.0940. The zero-order valence-electron chi connectivity index (χ0n) is 10.6. The van der Waals surface area contributed by atoms with Crippen LogP contribution in [0.25, 0.3) is 0 Å². The van der Waals surface area contributed by atoms with E-state index in [4.69, 9.17) is 5.73 Å². The zero-order chi connectivity index (χ0) is 13.8. The molecule has 2 rings (SSSR count). The summed E-state index contributed by atoms with van der Waals surface area (Å²) in [6.07, 6.45) is 0. The van der Waals surface area contributed by atoms with Crippen LogP contribution in [0.2, 0.25) is 0 Å². The Kier molecular flexibility index (Phi) is 3.80. The van der Waals surface area contributed by atoms with Gasteiger partial charge in [0.1, 0.15) is 5.82 Å². The minimum absolute atomic E-state index is 0.166. The quantitative estimate of drug-likeness (QED) is 0.832. The van der Waals surface area contributed by atoms with Crippen LogP contribution in [0.15, 0.2) is 48.5 Å². The van der Waals surface area contributed by atoms with Gasteiger partial charge in [0, 0.05) is 11.3 Å². The maximum Gasteiger partial charge on any atom is 0.251 e. The fourth-order valence-electron chi connectivity index (χ4n) is 1.79. The SMILES string of the molecule is CC(NC(=O)c1ccc(F)cc1)c1cccc(N)c1. The first kappa shape index (κ1) is 13.1. The smallest absolute Gasteiger partial charge is 0.251 e. The number of halogens is 1. The van der Waals surface area contributed by atoms with Crippen molar-refractivity contribution in [3.8, 4) is 0 Å². The molecule has 2 aromatic rings. The standard InChI is InChI=1S/C15H15FN2O/c1-10(12-3-2-4-14(17)9-12)18-15(19)11-5-7-13(16)8-6-11/h2-10H,17H2,1H3,(H,18,19). The number of amides is 1. The Hall–Kier alpha value is -2.36. The van der Waals surface area contributed by atoms with Crippen LogP contribution in [-0.2, 0) is 0 Å². The lowest BCUT2D eigenvalue weighted by Crippen LogP contribution is -2.26. The Labute approximate surface area is 111 Å². The minimum atomic E-state index is -0.361. The van der Waals surface area contributed by atoms with Crippen molar-refractivity contribution in [2.45, 2.75) is 13.0 Å². The normalized spacial score (nSPS) is 11.9. The molecule has 0 bridgehead atoms. The molecule has 0 spiro atoms. The fraction of sp³-hybridized carbons (Fsp3) is 0.133. The largest absolute Gasteiger partial charge is 0.399 e. The van der Waals surface area contributed by atoms with Gasteiger partial charge in [-0.1, -0.05) is 12.1 Å². The Morgan fingerprint density at radius 3 is 2.53 bits per heavy atom. The summed E-state index contributed by atoms with van der Waals surface area (Å²) in [6.45, 7) is 1.87. The van der Waals surface area contributed by atoms with Gasteiger partial charge in [0.05, 0.1) is 6.04 Å². The number of benzene rings is 2. The first-order valence-electron chi connectivity index (χ1n) is 5.98. The van der Waals surface area contributed by atoms with Crippen molar-refractivity contribution in [1.82, 2.24) is 5.32 Å². The molecule has 98 valence electrons. The van der Waals surface area contributed by atoms with E-state index in [-0.39, 0.29) is 17.8 Å². The highest BCUT2D eigenvalue weighted by Crippen LogP contribution is 2.16. The number of nitrogens with two attached hydrogens (primary N) is 1. The van der Waals surface area contributed by atoms with E-state index < -0.39 is 0 Å². The molecule has 0 aromatic heterocycles. The Morgan fingerprint density at radius 2 is 1.89 bits per heavy atom. The summed E-state index contributed by atoms with van der Waals surface area (Å²) in [4.78, 5) is 12.0. The van der Waals surface area contributed by atoms with E-state index in [0.29, 0.717) is 11.3 Å². The summed E-state index contributed by atoms with van der Waals surface area (Å²) in [6, 6.07) is 12.6. The first-order valence-corrected chi connectivity index (χ1v) is 5.98. The Balaban J connectivity index is 2.08. The van der Waals surface area contributed by atoms with E-state index >= 15 is 0 Å². The maximum absolute atomic E-state index is 12.8. The van der Waals surface area contributed by atoms with Gasteiger partial charge >= 0.3 is 0 Å². The van der Waals surface area contributed by atoms with E-state index in [9.17, 15) is 9.18 Å². The van der Waals surface area contributed by atoms with E-state index in [1.54, 1.807) is 6.07 Å². The molecule has 0 aliphatic carbocycles. The second-order valence-electron chi connectivity index (χ2n) is 4.37. The third-order valence-corrected chi connectivity index (χ3v) is 2.86. The van der Waals surface area contributed by atoms with Gasteiger partial charge < -0.3 is 11.1 Å². The van der Waals surface area contributed by atoms with Crippen molar-refractivity contribution >= 4 is 11.6 Å². The number of hydrogen-bond acceptors (Lipinski definition) is 2. The third-order valence-electron chi connectivity index (χ3n) is 2.86. The number of carbonyl (C=O) groups is 1. The second kappa shape index (κ2) is 5.52. The molecule has 3 nitrogen and oxygen atoms in total. The highest BCUT2D eigenvalue weighted by molar-refractivity contribution is 5.94. The minimum Gasteiger partial charge on any atom is -0.399 e. The number of hydrogen-bond donors (Lipinski definition) is 2. The van der Waals surface area contributed by atoms with Gasteiger partial charge in [-0.2, -0.15) is 0 Å². The lowest BCUT2D eigenvalue weighted by atomic mass is 10.1. The maximum atomic E-state index is 12.8. The summed E-state index contributed by atoms with van der Waals surface area (Å²) in [7, 11) is 0. The Bertz CT molecular complexity index is 581. The molecule has 1 atom stereocenters. The summed E-state index contributed by atoms with van der Waals surface area (Å²) < 4.78 is 12.8. The van der Waals surface area contributed by atoms with E-state index in [0.717, 1.165) is 5.56 Å². The van der Waals surface area contributed by atoms with Gasteiger partial charge in [-0.25, -0.2) is 4.39 Å². The average Bonchev–Trinajstić information content (AvgIpc) is 2.39. The van der Waals surface area contributed by atoms with Crippen LogP contribution in [0, 0.1) is 5.82 Å². The monoisotopic (exact) mass is 258 g/mol. The molecule has 4 heteroatoms. The second-order valence-corrected chi connectivity index (χ2v) is 4.37. The topological polar surface area (TPSA) is 55.1 Å². The fourth-order valence-corrected chi connectivity index (χ4v) is 1.79. The molecular weight excluding hydrogens is 243 g/mol. The van der Waals surface area contributed by atoms with Crippen LogP contribution >= 0.6 is 0 Å². The zero-order valence-corrected chi connectivity index (χ0v) is 10.6. The molecule has 0 saturated heterocycles. The number of nitrogen functional groups attached to an aromatic ring is 1. The van der Waals surface area contributed by atoms with Crippen molar-refractivity contribution in [2.75, 3.05) is 5.73 Å². The molecule has 0 fully saturated rings. The lowest BCUT2D eigenvalue weighted by Gasteiger charge is -2.14. The molecule has 1 amide bonds. The number of carbonyl (C=O) groups excluding carboxylic acids is 1. The number of rotatable bonds is 3. The van der Waals surface area contributed by atoms with Gasteiger partial charge in [-0.3, -0.25) is 4.79 Å². The van der Waals surface area contributed by atoms with Crippen LogP contribution in [0.3, 0.4) is 0 Å². The molecular formula is C15H15FN2O. The van der Waals surface area contributed by atoms with Crippen molar-refractivity contribution in [3.05, 3.63) is 65.5 Å². The van der Waals surface area contributed by atoms with Gasteiger partial charge in [0.2, 0.25) is 0 Å². The first-order chi connectivity index (χ1) is 9.06. The summed E-state index contributed by atoms with van der Waals surface area (Å²) in [5, 5.41) is 2.84. The molecule has 0 saturated carbocycles. The third kappa shape index (κ3) is 3.31. The van der Waals surface area contributed by atoms with Gasteiger partial charge in [-0.05, 0) is 48.9 Å². The number of nitrogens with one attached hydrogen (secondary N) is 1. The van der Waals surface area contributed by atoms with E-state index in [1.165, 1.54) is 24.3 Å². The molecule has 19 heavy (non-hydrogen) atoms. The van der Waals surface area contributed by atoms with Crippen LogP contribution in [0.5, 0.6) is 0 Å². The van der Waals surface area contributed by atoms with Crippen LogP contribution in [-0.4, -0.2) is 5.91 Å². The summed E-state index contributed by atoms with van der Waals surface area (Å²) >= 11 is 0. The molecule has 0 aliphatic rings. The van der Waals surface area contributed by atoms with E-state index in [2.05, 4.69) is 5.32 Å². The predicted molar refractivity (Wildman–Crippen MR) is 73.1 cm³/mol. The van der Waals surface area contributed by atoms with Crippen molar-refractivity contribution in [2.24, 2.45) is 0 Å². The van der Waals surface area contributed by atoms with Crippen LogP contribution in [0.1, 0.15) is 28.9 Å². The highest BCUT2D eigenvalue weighted by Gasteiger charge is 2.11. The average molecular weight is 258 g/mol. The molecule has 2 aromatic carbocycles. The predicted octanol–water partition coefficient (Wildman–Crippen LogP) is 2.90. The van der Waals surface area contributed by atoms with Crippen molar-refractivity contribution < 1.29 is 9.18 Å². The molecule has 0 aliphatic heterocycles. The van der Waals surface area contributed by atoms with Crippen LogP contribution in [0.4, 0.5) is 10.1 Å². The summed E-state index contributed by atoms with van der Waals surface area (Å²) in [5.41, 5.74) is 7.71. The molecule has 1 unspecified atom stereocenters. The van der Waals surface area contributed by atoms with Crippen molar-refractivity contribution in [3.63, 3.8) is 0 Å². The van der Waals surface area contributed by atoms with Crippen LogP contribution < -0.4 is 11.1 Å². The van der Waals surface area contributed by atoms with Crippen molar-refractivity contribution in [1.29, 1.82) is 0 Å². The molecule has 3 N–H and O–H groups in total. The Morgan fingerprint density at radius 1 is 1.21 bits per heavy atom. The number of anilines is 1. The van der Waals surface area contributed by atoms with Gasteiger partial charge in [-0.15, -0.1) is 0 Å². The van der Waals surface area contributed by atoms with Gasteiger partial charge in [0.25, 0.3) is 5.91 Å². The molecule has 0 heterocycles. The highest BCUT2D eigenvalue weighted by atomic mass is 19.1. The molecule has 0 radical (unpaired) electrons.